The van der Waals surface area contributed by atoms with Crippen LogP contribution in [0.25, 0.3) is 0 Å². The predicted octanol–water partition coefficient (Wildman–Crippen LogP) is 0.512. The average Bonchev–Trinajstić information content (AvgIpc) is 2.76. The molecular formula is C13H20LiNOS2. The molecule has 1 amide bonds. The van der Waals surface area contributed by atoms with Crippen LogP contribution in [0.2, 0.25) is 0 Å². The standard InChI is InChI=1S/C13H20NOS2.Li/c1-13(2,3)12(15)14-7-4-6-10(14)11-16-8-5-9-17-11;/h6H,4-5,7-9H2,1-3H3;/q-1;+1. The van der Waals surface area contributed by atoms with Gasteiger partial charge in [0.2, 0.25) is 5.91 Å². The topological polar surface area (TPSA) is 20.3 Å². The summed E-state index contributed by atoms with van der Waals surface area (Å²) >= 11 is 3.82. The van der Waals surface area contributed by atoms with Crippen molar-refractivity contribution in [3.63, 3.8) is 0 Å². The Kier molecular flexibility index (Phi) is 6.12. The molecule has 2 rings (SSSR count). The first kappa shape index (κ1) is 16.4. The van der Waals surface area contributed by atoms with Crippen molar-refractivity contribution >= 4 is 29.4 Å². The van der Waals surface area contributed by atoms with Crippen LogP contribution >= 0.6 is 23.5 Å². The van der Waals surface area contributed by atoms with Crippen LogP contribution in [0, 0.1) is 11.8 Å². The molecule has 0 saturated carbocycles. The maximum absolute atomic E-state index is 12.4. The van der Waals surface area contributed by atoms with Gasteiger partial charge in [0.1, 0.15) is 0 Å². The Hall–Kier alpha value is 0.377. The molecule has 0 aromatic carbocycles. The molecule has 0 N–H and O–H groups in total. The van der Waals surface area contributed by atoms with Crippen LogP contribution in [0.5, 0.6) is 0 Å². The van der Waals surface area contributed by atoms with Crippen LogP contribution in [0.15, 0.2) is 9.93 Å². The van der Waals surface area contributed by atoms with Crippen molar-refractivity contribution in [3.05, 3.63) is 16.4 Å². The van der Waals surface area contributed by atoms with Gasteiger partial charge in [0.25, 0.3) is 0 Å². The third kappa shape index (κ3) is 3.69. The zero-order valence-corrected chi connectivity index (χ0v) is 13.4. The third-order valence-electron chi connectivity index (χ3n) is 2.83. The van der Waals surface area contributed by atoms with Crippen molar-refractivity contribution < 1.29 is 23.7 Å². The minimum Gasteiger partial charge on any atom is -0.346 e. The summed E-state index contributed by atoms with van der Waals surface area (Å²) in [5.74, 6) is 2.63. The number of hydrogen-bond acceptors (Lipinski definition) is 3. The fourth-order valence-electron chi connectivity index (χ4n) is 1.95. The van der Waals surface area contributed by atoms with E-state index in [1.165, 1.54) is 27.9 Å². The smallest absolute Gasteiger partial charge is 0.346 e. The summed E-state index contributed by atoms with van der Waals surface area (Å²) in [6, 6.07) is 0. The summed E-state index contributed by atoms with van der Waals surface area (Å²) in [4.78, 5) is 14.4. The Labute approximate surface area is 131 Å². The summed E-state index contributed by atoms with van der Waals surface area (Å²) < 4.78 is 1.35. The van der Waals surface area contributed by atoms with Crippen molar-refractivity contribution in [2.45, 2.75) is 33.6 Å². The molecule has 0 spiro atoms. The van der Waals surface area contributed by atoms with E-state index in [2.05, 4.69) is 6.42 Å². The molecular weight excluding hydrogens is 257 g/mol. The van der Waals surface area contributed by atoms with E-state index in [4.69, 9.17) is 0 Å². The van der Waals surface area contributed by atoms with Gasteiger partial charge in [-0.3, -0.25) is 4.79 Å². The van der Waals surface area contributed by atoms with Crippen LogP contribution in [0.1, 0.15) is 33.6 Å². The van der Waals surface area contributed by atoms with E-state index in [1.54, 1.807) is 0 Å². The van der Waals surface area contributed by atoms with Gasteiger partial charge in [0, 0.05) is 12.0 Å². The molecule has 0 aliphatic carbocycles. The predicted molar refractivity (Wildman–Crippen MR) is 76.6 cm³/mol. The van der Waals surface area contributed by atoms with Crippen molar-refractivity contribution in [1.82, 2.24) is 4.90 Å². The molecule has 2 nitrogen and oxygen atoms in total. The first-order valence-corrected chi connectivity index (χ1v) is 8.12. The fourth-order valence-corrected chi connectivity index (χ4v) is 4.60. The molecule has 0 aromatic heterocycles. The number of allylic oxidation sites excluding steroid dienone is 1. The molecule has 96 valence electrons. The van der Waals surface area contributed by atoms with Crippen molar-refractivity contribution in [2.24, 2.45) is 5.41 Å². The van der Waals surface area contributed by atoms with Crippen LogP contribution in [-0.2, 0) is 4.79 Å². The summed E-state index contributed by atoms with van der Waals surface area (Å²) in [5.41, 5.74) is 0.896. The Morgan fingerprint density at radius 1 is 1.28 bits per heavy atom. The number of carbonyl (C=O) groups is 1. The number of rotatable bonds is 0. The first-order chi connectivity index (χ1) is 8.00. The largest absolute Gasteiger partial charge is 1.00 e. The second-order valence-corrected chi connectivity index (χ2v) is 7.89. The molecule has 2 aliphatic heterocycles. The van der Waals surface area contributed by atoms with Gasteiger partial charge in [-0.1, -0.05) is 31.4 Å². The van der Waals surface area contributed by atoms with E-state index in [9.17, 15) is 4.79 Å². The van der Waals surface area contributed by atoms with Gasteiger partial charge in [-0.05, 0) is 17.9 Å². The number of nitrogens with zero attached hydrogens (tertiary/aromatic N) is 1. The van der Waals surface area contributed by atoms with Gasteiger partial charge in [-0.25, -0.2) is 29.9 Å². The molecule has 18 heavy (non-hydrogen) atoms. The van der Waals surface area contributed by atoms with E-state index in [-0.39, 0.29) is 30.2 Å². The van der Waals surface area contributed by atoms with Gasteiger partial charge in [-0.15, -0.1) is 5.70 Å². The second kappa shape index (κ2) is 6.70. The summed E-state index contributed by atoms with van der Waals surface area (Å²) in [7, 11) is 0. The number of amides is 1. The third-order valence-corrected chi connectivity index (χ3v) is 5.47. The Morgan fingerprint density at radius 3 is 2.44 bits per heavy atom. The minimum atomic E-state index is -0.284. The van der Waals surface area contributed by atoms with E-state index in [0.717, 1.165) is 13.0 Å². The van der Waals surface area contributed by atoms with E-state index in [1.807, 2.05) is 49.2 Å². The number of likely N-dealkylation sites (tertiary alicyclic amines) is 1. The number of carbonyl (C=O) groups excluding carboxylic acids is 1. The molecule has 2 heterocycles. The Balaban J connectivity index is 0.00000162. The average molecular weight is 277 g/mol. The van der Waals surface area contributed by atoms with Crippen molar-refractivity contribution in [2.75, 3.05) is 18.1 Å². The molecule has 0 unspecified atom stereocenters. The summed E-state index contributed by atoms with van der Waals surface area (Å²) in [6.07, 6.45) is 4.51. The van der Waals surface area contributed by atoms with Gasteiger partial charge in [0.15, 0.2) is 0 Å². The summed E-state index contributed by atoms with van der Waals surface area (Å²) in [6.45, 7) is 6.85. The zero-order valence-electron chi connectivity index (χ0n) is 11.8. The zero-order chi connectivity index (χ0) is 12.5. The Bertz CT molecular complexity index is 341. The van der Waals surface area contributed by atoms with Gasteiger partial charge >= 0.3 is 18.9 Å². The molecule has 5 heteroatoms. The van der Waals surface area contributed by atoms with E-state index < -0.39 is 0 Å². The minimum absolute atomic E-state index is 0. The van der Waals surface area contributed by atoms with Crippen LogP contribution in [-0.4, -0.2) is 28.9 Å². The van der Waals surface area contributed by atoms with Crippen LogP contribution in [0.3, 0.4) is 0 Å². The fraction of sp³-hybridized carbons (Fsp3) is 0.692. The summed E-state index contributed by atoms with van der Waals surface area (Å²) in [5, 5.41) is 0. The van der Waals surface area contributed by atoms with Crippen molar-refractivity contribution in [1.29, 1.82) is 0 Å². The van der Waals surface area contributed by atoms with E-state index in [0.29, 0.717) is 0 Å². The quantitative estimate of drug-likeness (QED) is 0.475. The molecule has 2 fully saturated rings. The van der Waals surface area contributed by atoms with Gasteiger partial charge < -0.3 is 4.90 Å². The van der Waals surface area contributed by atoms with Crippen LogP contribution in [0.4, 0.5) is 0 Å². The molecule has 2 saturated heterocycles. The maximum atomic E-state index is 12.4. The maximum Gasteiger partial charge on any atom is 1.00 e. The van der Waals surface area contributed by atoms with Crippen molar-refractivity contribution in [3.8, 4) is 0 Å². The number of thioether (sulfide) groups is 2. The van der Waals surface area contributed by atoms with Gasteiger partial charge in [0.05, 0.1) is 0 Å². The SMILES string of the molecule is CC(C)(C)C(=O)N1CC[CH-]C1=C1SCCCS1.[Li+]. The molecule has 0 radical (unpaired) electrons. The molecule has 0 bridgehead atoms. The number of hydrogen-bond donors (Lipinski definition) is 0. The van der Waals surface area contributed by atoms with Gasteiger partial charge in [-0.2, -0.15) is 0 Å². The molecule has 0 atom stereocenters. The second-order valence-electron chi connectivity index (χ2n) is 5.42. The molecule has 2 aliphatic rings. The van der Waals surface area contributed by atoms with E-state index >= 15 is 0 Å². The van der Waals surface area contributed by atoms with Crippen LogP contribution < -0.4 is 18.9 Å². The monoisotopic (exact) mass is 277 g/mol. The first-order valence-electron chi connectivity index (χ1n) is 6.15. The Morgan fingerprint density at radius 2 is 1.89 bits per heavy atom. The normalized spacial score (nSPS) is 20.5. The molecule has 0 aromatic rings.